The smallest absolute Gasteiger partial charge is 0.260 e. The number of carbonyl (C=O) groups excluding carboxylic acids is 2. The maximum atomic E-state index is 13.3. The minimum atomic E-state index is -0.523. The van der Waals surface area contributed by atoms with Crippen LogP contribution < -0.4 is 15.1 Å². The Balaban J connectivity index is 1.61. The van der Waals surface area contributed by atoms with Crippen molar-refractivity contribution < 1.29 is 14.3 Å². The Morgan fingerprint density at radius 1 is 1.25 bits per heavy atom. The molecule has 0 aliphatic carbocycles. The number of para-hydroxylation sites is 2. The average molecular weight is 380 g/mol. The molecule has 3 heterocycles. The third-order valence-corrected chi connectivity index (χ3v) is 5.32. The van der Waals surface area contributed by atoms with Crippen LogP contribution in [0, 0.1) is 0 Å². The van der Waals surface area contributed by atoms with Gasteiger partial charge in [-0.15, -0.1) is 0 Å². The standard InChI is InChI=1S/C21H24N4O3/c1-3-6-18-20(26)23-16-7-4-5-8-17(16)25(18)21(27)14-9-10-19(22-11-14)24-12-15(13-24)28-2/h4-5,7-11,15,18H,3,6,12-13H2,1-2H3,(H,23,26). The third kappa shape index (κ3) is 3.22. The van der Waals surface area contributed by atoms with Crippen LogP contribution in [0.2, 0.25) is 0 Å². The predicted octanol–water partition coefficient (Wildman–Crippen LogP) is 2.68. The number of hydrogen-bond donors (Lipinski definition) is 1. The van der Waals surface area contributed by atoms with Gasteiger partial charge in [-0.1, -0.05) is 25.5 Å². The number of amides is 2. The highest BCUT2D eigenvalue weighted by molar-refractivity contribution is 6.16. The van der Waals surface area contributed by atoms with Gasteiger partial charge in [-0.3, -0.25) is 14.5 Å². The Bertz CT molecular complexity index is 877. The zero-order chi connectivity index (χ0) is 19.7. The minimum Gasteiger partial charge on any atom is -0.378 e. The molecule has 28 heavy (non-hydrogen) atoms. The quantitative estimate of drug-likeness (QED) is 0.863. The van der Waals surface area contributed by atoms with Crippen LogP contribution in [0.25, 0.3) is 0 Å². The Kier molecular flexibility index (Phi) is 5.00. The summed E-state index contributed by atoms with van der Waals surface area (Å²) in [5.41, 5.74) is 1.85. The fourth-order valence-corrected chi connectivity index (χ4v) is 3.69. The topological polar surface area (TPSA) is 74.8 Å². The third-order valence-electron chi connectivity index (χ3n) is 5.32. The van der Waals surface area contributed by atoms with Crippen molar-refractivity contribution in [3.63, 3.8) is 0 Å². The highest BCUT2D eigenvalue weighted by Gasteiger charge is 2.36. The first-order chi connectivity index (χ1) is 13.6. The van der Waals surface area contributed by atoms with Gasteiger partial charge in [0, 0.05) is 26.4 Å². The van der Waals surface area contributed by atoms with Crippen molar-refractivity contribution in [2.45, 2.75) is 31.9 Å². The summed E-state index contributed by atoms with van der Waals surface area (Å²) in [4.78, 5) is 34.1. The molecular weight excluding hydrogens is 356 g/mol. The van der Waals surface area contributed by atoms with Crippen LogP contribution in [0.1, 0.15) is 30.1 Å². The van der Waals surface area contributed by atoms with Gasteiger partial charge in [-0.2, -0.15) is 0 Å². The van der Waals surface area contributed by atoms with Gasteiger partial charge in [0.1, 0.15) is 11.9 Å². The van der Waals surface area contributed by atoms with Crippen molar-refractivity contribution in [1.29, 1.82) is 0 Å². The van der Waals surface area contributed by atoms with E-state index in [1.165, 1.54) is 0 Å². The van der Waals surface area contributed by atoms with Crippen LogP contribution in [0.5, 0.6) is 0 Å². The number of ether oxygens (including phenoxy) is 1. The molecule has 0 bridgehead atoms. The lowest BCUT2D eigenvalue weighted by Gasteiger charge is -2.39. The summed E-state index contributed by atoms with van der Waals surface area (Å²) in [5.74, 6) is 0.467. The zero-order valence-corrected chi connectivity index (χ0v) is 16.1. The molecule has 2 aromatic rings. The van der Waals surface area contributed by atoms with E-state index in [2.05, 4.69) is 15.2 Å². The second kappa shape index (κ2) is 7.59. The van der Waals surface area contributed by atoms with E-state index < -0.39 is 6.04 Å². The van der Waals surface area contributed by atoms with Crippen LogP contribution in [-0.4, -0.2) is 49.1 Å². The summed E-state index contributed by atoms with van der Waals surface area (Å²) < 4.78 is 5.29. The molecule has 1 aromatic heterocycles. The number of anilines is 3. The summed E-state index contributed by atoms with van der Waals surface area (Å²) in [6.07, 6.45) is 3.23. The van der Waals surface area contributed by atoms with E-state index in [1.807, 2.05) is 37.3 Å². The number of benzene rings is 1. The lowest BCUT2D eigenvalue weighted by atomic mass is 10.0. The van der Waals surface area contributed by atoms with Crippen molar-refractivity contribution in [3.05, 3.63) is 48.2 Å². The lowest BCUT2D eigenvalue weighted by molar-refractivity contribution is -0.117. The molecule has 4 rings (SSSR count). The van der Waals surface area contributed by atoms with Crippen molar-refractivity contribution >= 4 is 29.0 Å². The molecule has 2 aliphatic rings. The fraction of sp³-hybridized carbons (Fsp3) is 0.381. The summed E-state index contributed by atoms with van der Waals surface area (Å²) in [6.45, 7) is 3.61. The number of methoxy groups -OCH3 is 1. The van der Waals surface area contributed by atoms with Crippen LogP contribution in [0.15, 0.2) is 42.6 Å². The number of nitrogens with one attached hydrogen (secondary N) is 1. The number of pyridine rings is 1. The molecule has 1 fully saturated rings. The summed E-state index contributed by atoms with van der Waals surface area (Å²) in [6, 6.07) is 10.5. The molecule has 0 radical (unpaired) electrons. The number of carbonyl (C=O) groups is 2. The first-order valence-electron chi connectivity index (χ1n) is 9.59. The molecule has 7 heteroatoms. The van der Waals surface area contributed by atoms with Crippen LogP contribution in [-0.2, 0) is 9.53 Å². The molecule has 1 aromatic carbocycles. The largest absolute Gasteiger partial charge is 0.378 e. The van der Waals surface area contributed by atoms with Gasteiger partial charge in [0.25, 0.3) is 5.91 Å². The van der Waals surface area contributed by atoms with Gasteiger partial charge in [0.05, 0.1) is 23.0 Å². The minimum absolute atomic E-state index is 0.148. The lowest BCUT2D eigenvalue weighted by Crippen LogP contribution is -2.52. The van der Waals surface area contributed by atoms with E-state index in [-0.39, 0.29) is 17.9 Å². The van der Waals surface area contributed by atoms with Crippen LogP contribution in [0.4, 0.5) is 17.2 Å². The number of hydrogen-bond acceptors (Lipinski definition) is 5. The van der Waals surface area contributed by atoms with Gasteiger partial charge in [-0.05, 0) is 30.7 Å². The molecule has 0 spiro atoms. The fourth-order valence-electron chi connectivity index (χ4n) is 3.69. The van der Waals surface area contributed by atoms with Gasteiger partial charge in [-0.25, -0.2) is 4.98 Å². The second-order valence-corrected chi connectivity index (χ2v) is 7.15. The predicted molar refractivity (Wildman–Crippen MR) is 108 cm³/mol. The van der Waals surface area contributed by atoms with E-state index in [0.29, 0.717) is 17.7 Å². The van der Waals surface area contributed by atoms with E-state index >= 15 is 0 Å². The maximum absolute atomic E-state index is 13.3. The number of fused-ring (bicyclic) bond motifs is 1. The normalized spacial score (nSPS) is 19.1. The van der Waals surface area contributed by atoms with Gasteiger partial charge in [0.15, 0.2) is 0 Å². The number of aromatic nitrogens is 1. The molecule has 0 saturated carbocycles. The molecule has 1 unspecified atom stereocenters. The highest BCUT2D eigenvalue weighted by Crippen LogP contribution is 2.34. The second-order valence-electron chi connectivity index (χ2n) is 7.15. The summed E-state index contributed by atoms with van der Waals surface area (Å²) >= 11 is 0. The molecule has 2 aliphatic heterocycles. The molecule has 1 saturated heterocycles. The van der Waals surface area contributed by atoms with Gasteiger partial charge >= 0.3 is 0 Å². The van der Waals surface area contributed by atoms with Gasteiger partial charge < -0.3 is 15.0 Å². The van der Waals surface area contributed by atoms with Crippen molar-refractivity contribution in [2.24, 2.45) is 0 Å². The molecule has 2 amide bonds. The molecule has 7 nitrogen and oxygen atoms in total. The van der Waals surface area contributed by atoms with Crippen molar-refractivity contribution in [3.8, 4) is 0 Å². The Hall–Kier alpha value is -2.93. The maximum Gasteiger partial charge on any atom is 0.260 e. The highest BCUT2D eigenvalue weighted by atomic mass is 16.5. The van der Waals surface area contributed by atoms with Crippen molar-refractivity contribution in [1.82, 2.24) is 4.98 Å². The van der Waals surface area contributed by atoms with Crippen LogP contribution >= 0.6 is 0 Å². The summed E-state index contributed by atoms with van der Waals surface area (Å²) in [7, 11) is 1.70. The zero-order valence-electron chi connectivity index (χ0n) is 16.1. The Labute approximate surface area is 164 Å². The van der Waals surface area contributed by atoms with E-state index in [1.54, 1.807) is 24.3 Å². The molecule has 1 N–H and O–H groups in total. The average Bonchev–Trinajstić information content (AvgIpc) is 2.68. The summed E-state index contributed by atoms with van der Waals surface area (Å²) in [5, 5.41) is 2.91. The molecule has 146 valence electrons. The number of nitrogens with zero attached hydrogens (tertiary/aromatic N) is 3. The first-order valence-corrected chi connectivity index (χ1v) is 9.59. The van der Waals surface area contributed by atoms with E-state index in [0.717, 1.165) is 31.0 Å². The monoisotopic (exact) mass is 380 g/mol. The van der Waals surface area contributed by atoms with E-state index in [9.17, 15) is 9.59 Å². The molecule has 1 atom stereocenters. The molecular formula is C21H24N4O3. The van der Waals surface area contributed by atoms with E-state index in [4.69, 9.17) is 4.74 Å². The Morgan fingerprint density at radius 2 is 2.04 bits per heavy atom. The Morgan fingerprint density at radius 3 is 2.71 bits per heavy atom. The van der Waals surface area contributed by atoms with Crippen molar-refractivity contribution in [2.75, 3.05) is 35.3 Å². The number of rotatable bonds is 5. The van der Waals surface area contributed by atoms with Crippen LogP contribution in [0.3, 0.4) is 0 Å². The SMILES string of the molecule is CCCC1C(=O)Nc2ccccc2N1C(=O)c1ccc(N2CC(OC)C2)nc1. The van der Waals surface area contributed by atoms with Gasteiger partial charge in [0.2, 0.25) is 5.91 Å². The first kappa shape index (κ1) is 18.4.